The van der Waals surface area contributed by atoms with Gasteiger partial charge in [0.1, 0.15) is 0 Å². The highest BCUT2D eigenvalue weighted by Gasteiger charge is 2.13. The number of ketones is 1. The van der Waals surface area contributed by atoms with Gasteiger partial charge < -0.3 is 5.32 Å². The Labute approximate surface area is 79.0 Å². The quantitative estimate of drug-likeness (QED) is 0.761. The minimum Gasteiger partial charge on any atom is -0.304 e. The van der Waals surface area contributed by atoms with Crippen LogP contribution in [0.25, 0.3) is 0 Å². The van der Waals surface area contributed by atoms with Crippen LogP contribution in [0.5, 0.6) is 0 Å². The van der Waals surface area contributed by atoms with Gasteiger partial charge in [0.05, 0.1) is 6.04 Å². The molecule has 0 aliphatic rings. The van der Waals surface area contributed by atoms with Crippen molar-refractivity contribution in [2.45, 2.75) is 19.9 Å². The van der Waals surface area contributed by atoms with Gasteiger partial charge >= 0.3 is 0 Å². The first kappa shape index (κ1) is 9.93. The van der Waals surface area contributed by atoms with Crippen LogP contribution < -0.4 is 5.32 Å². The number of carbonyl (C=O) groups is 1. The summed E-state index contributed by atoms with van der Waals surface area (Å²) in [6, 6.07) is 9.63. The lowest BCUT2D eigenvalue weighted by atomic mass is 10.0. The van der Waals surface area contributed by atoms with Crippen molar-refractivity contribution in [2.75, 3.05) is 6.54 Å². The first-order valence-electron chi connectivity index (χ1n) is 4.54. The second-order valence-electron chi connectivity index (χ2n) is 3.01. The van der Waals surface area contributed by atoms with E-state index in [2.05, 4.69) is 5.32 Å². The Hall–Kier alpha value is -1.15. The topological polar surface area (TPSA) is 29.1 Å². The average Bonchev–Trinajstić information content (AvgIpc) is 2.15. The Morgan fingerprint density at radius 2 is 2.00 bits per heavy atom. The maximum absolute atomic E-state index is 11.3. The fourth-order valence-electron chi connectivity index (χ4n) is 1.35. The smallest absolute Gasteiger partial charge is 0.151 e. The molecule has 1 atom stereocenters. The van der Waals surface area contributed by atoms with E-state index in [4.69, 9.17) is 0 Å². The third kappa shape index (κ3) is 2.67. The van der Waals surface area contributed by atoms with Crippen LogP contribution in [-0.2, 0) is 4.79 Å². The lowest BCUT2D eigenvalue weighted by molar-refractivity contribution is -0.119. The van der Waals surface area contributed by atoms with Crippen molar-refractivity contribution in [2.24, 2.45) is 0 Å². The van der Waals surface area contributed by atoms with Gasteiger partial charge in [-0.2, -0.15) is 0 Å². The van der Waals surface area contributed by atoms with Crippen molar-refractivity contribution in [1.29, 1.82) is 0 Å². The predicted octanol–water partition coefficient (Wildman–Crippen LogP) is 1.93. The van der Waals surface area contributed by atoms with Crippen LogP contribution in [0.15, 0.2) is 30.3 Å². The van der Waals surface area contributed by atoms with E-state index in [0.717, 1.165) is 12.1 Å². The van der Waals surface area contributed by atoms with Crippen molar-refractivity contribution < 1.29 is 4.79 Å². The number of likely N-dealkylation sites (N-methyl/N-ethyl adjacent to an activating group) is 1. The minimum absolute atomic E-state index is 0.147. The number of rotatable bonds is 4. The molecule has 0 heterocycles. The Balaban J connectivity index is 2.82. The summed E-state index contributed by atoms with van der Waals surface area (Å²) in [5, 5.41) is 3.15. The number of hydrogen-bond acceptors (Lipinski definition) is 2. The van der Waals surface area contributed by atoms with Gasteiger partial charge in [-0.15, -0.1) is 0 Å². The zero-order valence-corrected chi connectivity index (χ0v) is 8.08. The summed E-state index contributed by atoms with van der Waals surface area (Å²) < 4.78 is 0. The van der Waals surface area contributed by atoms with Crippen molar-refractivity contribution in [3.8, 4) is 0 Å². The maximum Gasteiger partial charge on any atom is 0.151 e. The van der Waals surface area contributed by atoms with Crippen LogP contribution in [0.2, 0.25) is 0 Å². The summed E-state index contributed by atoms with van der Waals surface area (Å²) in [7, 11) is 0. The summed E-state index contributed by atoms with van der Waals surface area (Å²) in [4.78, 5) is 11.3. The maximum atomic E-state index is 11.3. The first-order valence-corrected chi connectivity index (χ1v) is 4.54. The van der Waals surface area contributed by atoms with Gasteiger partial charge in [0, 0.05) is 0 Å². The number of carbonyl (C=O) groups excluding carboxylic acids is 1. The molecule has 0 aliphatic heterocycles. The molecule has 0 radical (unpaired) electrons. The molecule has 13 heavy (non-hydrogen) atoms. The molecule has 1 aromatic rings. The highest BCUT2D eigenvalue weighted by Crippen LogP contribution is 2.12. The molecule has 0 amide bonds. The van der Waals surface area contributed by atoms with E-state index >= 15 is 0 Å². The van der Waals surface area contributed by atoms with Crippen LogP contribution in [0.3, 0.4) is 0 Å². The summed E-state index contributed by atoms with van der Waals surface area (Å²) in [6.45, 7) is 4.42. The van der Waals surface area contributed by atoms with Gasteiger partial charge in [0.2, 0.25) is 0 Å². The molecular weight excluding hydrogens is 162 g/mol. The lowest BCUT2D eigenvalue weighted by Crippen LogP contribution is -2.26. The largest absolute Gasteiger partial charge is 0.304 e. The molecule has 0 fully saturated rings. The molecule has 1 N–H and O–H groups in total. The van der Waals surface area contributed by atoms with Gasteiger partial charge in [0.25, 0.3) is 0 Å². The molecule has 1 rings (SSSR count). The second-order valence-corrected chi connectivity index (χ2v) is 3.01. The monoisotopic (exact) mass is 177 g/mol. The molecular formula is C11H15NO. The molecule has 0 aliphatic carbocycles. The standard InChI is InChI=1S/C11H15NO/c1-3-12-11(9(2)13)10-7-5-4-6-8-10/h4-8,11-12H,3H2,1-2H3/t11-/m1/s1. The lowest BCUT2D eigenvalue weighted by Gasteiger charge is -2.14. The van der Waals surface area contributed by atoms with E-state index in [1.165, 1.54) is 0 Å². The molecule has 0 saturated heterocycles. The highest BCUT2D eigenvalue weighted by atomic mass is 16.1. The molecule has 1 aromatic carbocycles. The molecule has 0 spiro atoms. The van der Waals surface area contributed by atoms with Gasteiger partial charge in [-0.3, -0.25) is 4.79 Å². The zero-order valence-electron chi connectivity index (χ0n) is 8.08. The molecule has 70 valence electrons. The normalized spacial score (nSPS) is 12.5. The van der Waals surface area contributed by atoms with Crippen LogP contribution in [0, 0.1) is 0 Å². The molecule has 2 heteroatoms. The van der Waals surface area contributed by atoms with E-state index in [1.807, 2.05) is 37.3 Å². The van der Waals surface area contributed by atoms with Crippen molar-refractivity contribution in [3.63, 3.8) is 0 Å². The molecule has 0 unspecified atom stereocenters. The van der Waals surface area contributed by atoms with Crippen molar-refractivity contribution in [3.05, 3.63) is 35.9 Å². The van der Waals surface area contributed by atoms with Gasteiger partial charge in [-0.1, -0.05) is 37.3 Å². The van der Waals surface area contributed by atoms with E-state index in [9.17, 15) is 4.79 Å². The zero-order chi connectivity index (χ0) is 9.68. The fourth-order valence-corrected chi connectivity index (χ4v) is 1.35. The molecule has 0 bridgehead atoms. The van der Waals surface area contributed by atoms with E-state index in [0.29, 0.717) is 0 Å². The van der Waals surface area contributed by atoms with E-state index < -0.39 is 0 Å². The number of hydrogen-bond donors (Lipinski definition) is 1. The molecule has 0 aromatic heterocycles. The Bertz CT molecular complexity index is 269. The number of nitrogens with one attached hydrogen (secondary N) is 1. The first-order chi connectivity index (χ1) is 6.25. The van der Waals surface area contributed by atoms with Crippen molar-refractivity contribution >= 4 is 5.78 Å². The van der Waals surface area contributed by atoms with Gasteiger partial charge in [-0.05, 0) is 19.0 Å². The van der Waals surface area contributed by atoms with E-state index in [-0.39, 0.29) is 11.8 Å². The van der Waals surface area contributed by atoms with Crippen molar-refractivity contribution in [1.82, 2.24) is 5.32 Å². The minimum atomic E-state index is -0.147. The van der Waals surface area contributed by atoms with Crippen LogP contribution in [0.1, 0.15) is 25.5 Å². The Morgan fingerprint density at radius 1 is 1.38 bits per heavy atom. The average molecular weight is 177 g/mol. The second kappa shape index (κ2) is 4.77. The Morgan fingerprint density at radius 3 is 2.46 bits per heavy atom. The summed E-state index contributed by atoms with van der Waals surface area (Å²) >= 11 is 0. The fraction of sp³-hybridized carbons (Fsp3) is 0.364. The van der Waals surface area contributed by atoms with Crippen LogP contribution in [0.4, 0.5) is 0 Å². The van der Waals surface area contributed by atoms with Gasteiger partial charge in [0.15, 0.2) is 5.78 Å². The van der Waals surface area contributed by atoms with Crippen LogP contribution in [-0.4, -0.2) is 12.3 Å². The van der Waals surface area contributed by atoms with E-state index in [1.54, 1.807) is 6.92 Å². The third-order valence-electron chi connectivity index (χ3n) is 1.95. The predicted molar refractivity (Wildman–Crippen MR) is 53.5 cm³/mol. The molecule has 2 nitrogen and oxygen atoms in total. The summed E-state index contributed by atoms with van der Waals surface area (Å²) in [6.07, 6.45) is 0. The van der Waals surface area contributed by atoms with Gasteiger partial charge in [-0.25, -0.2) is 0 Å². The SMILES string of the molecule is CCN[C@H](C(C)=O)c1ccccc1. The third-order valence-corrected chi connectivity index (χ3v) is 1.95. The Kier molecular flexibility index (Phi) is 3.65. The molecule has 0 saturated carbocycles. The van der Waals surface area contributed by atoms with Crippen LogP contribution >= 0.6 is 0 Å². The highest BCUT2D eigenvalue weighted by molar-refractivity contribution is 5.82. The summed E-state index contributed by atoms with van der Waals surface area (Å²) in [5.41, 5.74) is 1.04. The number of benzene rings is 1. The number of Topliss-reactive ketones (excluding diaryl/α,β-unsaturated/α-hetero) is 1. The summed E-state index contributed by atoms with van der Waals surface area (Å²) in [5.74, 6) is 0.160.